The summed E-state index contributed by atoms with van der Waals surface area (Å²) in [5.74, 6) is 0.767. The molecule has 0 fully saturated rings. The third kappa shape index (κ3) is 4.10. The number of H-pyrrole nitrogens is 1. The molecule has 2 aromatic carbocycles. The molecule has 2 N–H and O–H groups in total. The quantitative estimate of drug-likeness (QED) is 0.382. The Morgan fingerprint density at radius 1 is 1.06 bits per heavy atom. The first-order valence-corrected chi connectivity index (χ1v) is 10.9. The van der Waals surface area contributed by atoms with E-state index < -0.39 is 0 Å². The smallest absolute Gasteiger partial charge is 0.234 e. The van der Waals surface area contributed by atoms with Crippen molar-refractivity contribution in [2.75, 3.05) is 11.1 Å². The average molecular weight is 442 g/mol. The topological polar surface area (TPSA) is 101 Å². The van der Waals surface area contributed by atoms with Gasteiger partial charge in [-0.05, 0) is 49.4 Å². The number of carbonyl (C=O) groups is 1. The summed E-state index contributed by atoms with van der Waals surface area (Å²) in [6.07, 6.45) is 5.19. The summed E-state index contributed by atoms with van der Waals surface area (Å²) in [5, 5.41) is 20.2. The Bertz CT molecular complexity index is 1380. The molecule has 0 unspecified atom stereocenters. The number of fused-ring (bicyclic) bond motifs is 1. The van der Waals surface area contributed by atoms with Crippen molar-refractivity contribution in [2.45, 2.75) is 12.1 Å². The average Bonchev–Trinajstić information content (AvgIpc) is 3.45. The molecule has 5 aromatic rings. The summed E-state index contributed by atoms with van der Waals surface area (Å²) in [5.41, 5.74) is 4.58. The zero-order valence-corrected chi connectivity index (χ0v) is 18.0. The van der Waals surface area contributed by atoms with Crippen LogP contribution in [0.25, 0.3) is 28.0 Å². The van der Waals surface area contributed by atoms with Gasteiger partial charge in [-0.2, -0.15) is 5.10 Å². The summed E-state index contributed by atoms with van der Waals surface area (Å²) < 4.78 is 1.96. The highest BCUT2D eigenvalue weighted by Crippen LogP contribution is 2.28. The maximum atomic E-state index is 12.6. The number of nitrogens with zero attached hydrogens (tertiary/aromatic N) is 5. The van der Waals surface area contributed by atoms with Crippen LogP contribution in [0.3, 0.4) is 0 Å². The number of carbonyl (C=O) groups excluding carboxylic acids is 1. The minimum atomic E-state index is -0.127. The molecule has 32 heavy (non-hydrogen) atoms. The fourth-order valence-corrected chi connectivity index (χ4v) is 4.07. The number of hydrogen-bond acceptors (Lipinski definition) is 6. The van der Waals surface area contributed by atoms with Crippen LogP contribution >= 0.6 is 11.8 Å². The second-order valence-electron chi connectivity index (χ2n) is 7.22. The van der Waals surface area contributed by atoms with Gasteiger partial charge in [0.1, 0.15) is 0 Å². The highest BCUT2D eigenvalue weighted by atomic mass is 32.2. The molecule has 3 aromatic heterocycles. The van der Waals surface area contributed by atoms with Crippen molar-refractivity contribution >= 4 is 34.3 Å². The first-order valence-electron chi connectivity index (χ1n) is 9.96. The van der Waals surface area contributed by atoms with Crippen molar-refractivity contribution in [1.82, 2.24) is 29.9 Å². The second-order valence-corrected chi connectivity index (χ2v) is 8.16. The molecule has 0 aliphatic heterocycles. The van der Waals surface area contributed by atoms with E-state index in [1.807, 2.05) is 66.1 Å². The Morgan fingerprint density at radius 2 is 1.88 bits per heavy atom. The minimum absolute atomic E-state index is 0.127. The Balaban J connectivity index is 1.38. The largest absolute Gasteiger partial charge is 0.325 e. The number of amides is 1. The van der Waals surface area contributed by atoms with Gasteiger partial charge in [-0.1, -0.05) is 29.5 Å². The van der Waals surface area contributed by atoms with Gasteiger partial charge in [0, 0.05) is 34.7 Å². The first-order chi connectivity index (χ1) is 15.7. The third-order valence-electron chi connectivity index (χ3n) is 4.92. The standard InChI is InChI=1S/C23H19N7OS/c1-15-2-6-19(7-3-15)30-22(16-8-10-24-11-9-16)28-29-23(30)32-14-21(31)26-18-5-4-17-13-25-27-20(17)12-18/h2-13H,14H2,1H3,(H,25,27)(H,26,31). The predicted octanol–water partition coefficient (Wildman–Crippen LogP) is 4.24. The molecule has 158 valence electrons. The van der Waals surface area contributed by atoms with Crippen LogP contribution in [0.4, 0.5) is 5.69 Å². The number of rotatable bonds is 6. The number of pyridine rings is 1. The number of thioether (sulfide) groups is 1. The van der Waals surface area contributed by atoms with Gasteiger partial charge in [0.2, 0.25) is 5.91 Å². The summed E-state index contributed by atoms with van der Waals surface area (Å²) in [7, 11) is 0. The van der Waals surface area contributed by atoms with E-state index in [0.29, 0.717) is 16.7 Å². The van der Waals surface area contributed by atoms with Gasteiger partial charge in [0.05, 0.1) is 17.5 Å². The summed E-state index contributed by atoms with van der Waals surface area (Å²) >= 11 is 1.34. The van der Waals surface area contributed by atoms with Crippen LogP contribution in [-0.4, -0.2) is 41.6 Å². The molecule has 8 nitrogen and oxygen atoms in total. The normalized spacial score (nSPS) is 11.0. The number of anilines is 1. The van der Waals surface area contributed by atoms with E-state index in [4.69, 9.17) is 0 Å². The van der Waals surface area contributed by atoms with Crippen LogP contribution in [0.2, 0.25) is 0 Å². The zero-order valence-electron chi connectivity index (χ0n) is 17.2. The molecule has 0 atom stereocenters. The lowest BCUT2D eigenvalue weighted by molar-refractivity contribution is -0.113. The van der Waals surface area contributed by atoms with Crippen molar-refractivity contribution in [1.29, 1.82) is 0 Å². The summed E-state index contributed by atoms with van der Waals surface area (Å²) in [6.45, 7) is 2.04. The van der Waals surface area contributed by atoms with Gasteiger partial charge in [-0.25, -0.2) is 0 Å². The Kier molecular flexibility index (Phi) is 5.39. The zero-order chi connectivity index (χ0) is 21.9. The summed E-state index contributed by atoms with van der Waals surface area (Å²) in [4.78, 5) is 16.7. The van der Waals surface area contributed by atoms with E-state index in [1.165, 1.54) is 11.8 Å². The van der Waals surface area contributed by atoms with Gasteiger partial charge < -0.3 is 5.32 Å². The van der Waals surface area contributed by atoms with E-state index in [9.17, 15) is 4.79 Å². The molecule has 0 spiro atoms. The SMILES string of the molecule is Cc1ccc(-n2c(SCC(=O)Nc3ccc4cn[nH]c4c3)nnc2-c2ccncc2)cc1. The summed E-state index contributed by atoms with van der Waals surface area (Å²) in [6, 6.07) is 17.5. The lowest BCUT2D eigenvalue weighted by Gasteiger charge is -2.11. The molecule has 0 bridgehead atoms. The molecule has 0 saturated carbocycles. The molecule has 0 saturated heterocycles. The number of aromatic amines is 1. The monoisotopic (exact) mass is 441 g/mol. The van der Waals surface area contributed by atoms with E-state index in [-0.39, 0.29) is 11.7 Å². The lowest BCUT2D eigenvalue weighted by Crippen LogP contribution is -2.14. The molecule has 0 aliphatic carbocycles. The first kappa shape index (κ1) is 20.0. The molecular weight excluding hydrogens is 422 g/mol. The van der Waals surface area contributed by atoms with Gasteiger partial charge in [-0.15, -0.1) is 10.2 Å². The van der Waals surface area contributed by atoms with Crippen LogP contribution in [0.5, 0.6) is 0 Å². The lowest BCUT2D eigenvalue weighted by atomic mass is 10.2. The van der Waals surface area contributed by atoms with Crippen molar-refractivity contribution in [3.63, 3.8) is 0 Å². The molecular formula is C23H19N7OS. The Hall–Kier alpha value is -3.98. The van der Waals surface area contributed by atoms with E-state index >= 15 is 0 Å². The maximum Gasteiger partial charge on any atom is 0.234 e. The number of aryl methyl sites for hydroxylation is 1. The van der Waals surface area contributed by atoms with Crippen LogP contribution < -0.4 is 5.32 Å². The molecule has 1 amide bonds. The van der Waals surface area contributed by atoms with Gasteiger partial charge in [0.15, 0.2) is 11.0 Å². The van der Waals surface area contributed by atoms with Crippen LogP contribution in [0.1, 0.15) is 5.56 Å². The minimum Gasteiger partial charge on any atom is -0.325 e. The molecule has 5 rings (SSSR count). The van der Waals surface area contributed by atoms with E-state index in [0.717, 1.165) is 27.7 Å². The number of aromatic nitrogens is 6. The predicted molar refractivity (Wildman–Crippen MR) is 125 cm³/mol. The number of hydrogen-bond donors (Lipinski definition) is 2. The van der Waals surface area contributed by atoms with Crippen LogP contribution in [-0.2, 0) is 4.79 Å². The highest BCUT2D eigenvalue weighted by Gasteiger charge is 2.17. The fraction of sp³-hybridized carbons (Fsp3) is 0.0870. The Labute approximate surface area is 188 Å². The highest BCUT2D eigenvalue weighted by molar-refractivity contribution is 7.99. The maximum absolute atomic E-state index is 12.6. The number of nitrogens with one attached hydrogen (secondary N) is 2. The second kappa shape index (κ2) is 8.64. The molecule has 0 radical (unpaired) electrons. The van der Waals surface area contributed by atoms with Crippen LogP contribution in [0, 0.1) is 6.92 Å². The Morgan fingerprint density at radius 3 is 2.69 bits per heavy atom. The van der Waals surface area contributed by atoms with Crippen molar-refractivity contribution in [3.8, 4) is 17.1 Å². The molecule has 3 heterocycles. The van der Waals surface area contributed by atoms with Gasteiger partial charge in [-0.3, -0.25) is 19.4 Å². The van der Waals surface area contributed by atoms with E-state index in [1.54, 1.807) is 18.6 Å². The molecule has 9 heteroatoms. The van der Waals surface area contributed by atoms with Crippen molar-refractivity contribution < 1.29 is 4.79 Å². The third-order valence-corrected chi connectivity index (χ3v) is 5.85. The fourth-order valence-electron chi connectivity index (χ4n) is 3.32. The van der Waals surface area contributed by atoms with Crippen LogP contribution in [0.15, 0.2) is 78.3 Å². The van der Waals surface area contributed by atoms with Crippen molar-refractivity contribution in [2.24, 2.45) is 0 Å². The molecule has 0 aliphatic rings. The van der Waals surface area contributed by atoms with Crippen molar-refractivity contribution in [3.05, 3.63) is 78.8 Å². The van der Waals surface area contributed by atoms with Gasteiger partial charge in [0.25, 0.3) is 0 Å². The van der Waals surface area contributed by atoms with E-state index in [2.05, 4.69) is 30.7 Å². The van der Waals surface area contributed by atoms with Gasteiger partial charge >= 0.3 is 0 Å². The number of benzene rings is 2.